The average molecular weight is 258 g/mol. The zero-order valence-corrected chi connectivity index (χ0v) is 12.0. The molecule has 0 aliphatic rings. The molecule has 0 bridgehead atoms. The molecule has 0 fully saturated rings. The smallest absolute Gasteiger partial charge is 0.189 e. The number of H-pyrrole nitrogens is 1. The van der Waals surface area contributed by atoms with Gasteiger partial charge in [0.05, 0.1) is 0 Å². The van der Waals surface area contributed by atoms with Crippen LogP contribution in [0.3, 0.4) is 0 Å². The molecule has 0 atom stereocenters. The summed E-state index contributed by atoms with van der Waals surface area (Å²) in [6.45, 7) is 8.28. The highest BCUT2D eigenvalue weighted by Gasteiger charge is 2.06. The van der Waals surface area contributed by atoms with Crippen molar-refractivity contribution in [2.45, 2.75) is 33.6 Å². The molecule has 0 aliphatic heterocycles. The molecule has 2 rings (SSSR count). The van der Waals surface area contributed by atoms with Crippen LogP contribution < -0.4 is 10.3 Å². The first-order valence-corrected chi connectivity index (χ1v) is 7.10. The van der Waals surface area contributed by atoms with Gasteiger partial charge in [-0.3, -0.25) is 4.79 Å². The summed E-state index contributed by atoms with van der Waals surface area (Å²) in [6.07, 6.45) is 1.96. The Kier molecular flexibility index (Phi) is 4.25. The van der Waals surface area contributed by atoms with Crippen LogP contribution in [0.1, 0.15) is 32.9 Å². The van der Waals surface area contributed by atoms with E-state index < -0.39 is 0 Å². The number of hydrogen-bond acceptors (Lipinski definition) is 2. The van der Waals surface area contributed by atoms with Crippen molar-refractivity contribution in [1.29, 1.82) is 0 Å². The molecule has 1 aromatic heterocycles. The number of hydrogen-bond donors (Lipinski definition) is 1. The summed E-state index contributed by atoms with van der Waals surface area (Å²) in [7, 11) is 0. The minimum absolute atomic E-state index is 0.117. The van der Waals surface area contributed by atoms with Crippen molar-refractivity contribution in [2.75, 3.05) is 18.0 Å². The Bertz CT molecular complexity index is 612. The van der Waals surface area contributed by atoms with Gasteiger partial charge in [0.1, 0.15) is 0 Å². The van der Waals surface area contributed by atoms with Crippen molar-refractivity contribution in [3.8, 4) is 0 Å². The fourth-order valence-corrected chi connectivity index (χ4v) is 2.48. The van der Waals surface area contributed by atoms with Gasteiger partial charge >= 0.3 is 0 Å². The second-order valence-corrected chi connectivity index (χ2v) is 4.81. The summed E-state index contributed by atoms with van der Waals surface area (Å²) in [4.78, 5) is 17.8. The third-order valence-corrected chi connectivity index (χ3v) is 3.52. The standard InChI is InChI=1S/C16H22N2O/c1-4-7-12-10-16(19)14-11-13(18(5-2)6-3)8-9-15(14)17-12/h8-11H,4-7H2,1-3H3,(H,17,19). The van der Waals surface area contributed by atoms with Crippen molar-refractivity contribution in [1.82, 2.24) is 4.98 Å². The van der Waals surface area contributed by atoms with Crippen molar-refractivity contribution in [3.63, 3.8) is 0 Å². The van der Waals surface area contributed by atoms with E-state index in [1.807, 2.05) is 12.1 Å². The number of fused-ring (bicyclic) bond motifs is 1. The molecular formula is C16H22N2O. The monoisotopic (exact) mass is 258 g/mol. The van der Waals surface area contributed by atoms with E-state index in [0.29, 0.717) is 0 Å². The summed E-state index contributed by atoms with van der Waals surface area (Å²) in [5.74, 6) is 0. The quantitative estimate of drug-likeness (QED) is 0.893. The highest BCUT2D eigenvalue weighted by molar-refractivity contribution is 5.82. The molecule has 1 aromatic carbocycles. The predicted molar refractivity (Wildman–Crippen MR) is 82.1 cm³/mol. The van der Waals surface area contributed by atoms with Gasteiger partial charge < -0.3 is 9.88 Å². The third kappa shape index (κ3) is 2.80. The van der Waals surface area contributed by atoms with Crippen LogP contribution in [0, 0.1) is 0 Å². The minimum atomic E-state index is 0.117. The number of nitrogens with one attached hydrogen (secondary N) is 1. The molecule has 0 aliphatic carbocycles. The highest BCUT2D eigenvalue weighted by Crippen LogP contribution is 2.19. The number of pyridine rings is 1. The van der Waals surface area contributed by atoms with Crippen molar-refractivity contribution in [3.05, 3.63) is 40.2 Å². The second-order valence-electron chi connectivity index (χ2n) is 4.81. The molecule has 102 valence electrons. The van der Waals surface area contributed by atoms with Gasteiger partial charge in [0, 0.05) is 41.4 Å². The Morgan fingerprint density at radius 2 is 1.84 bits per heavy atom. The lowest BCUT2D eigenvalue weighted by Crippen LogP contribution is -2.22. The van der Waals surface area contributed by atoms with Gasteiger partial charge in [0.15, 0.2) is 5.43 Å². The molecular weight excluding hydrogens is 236 g/mol. The molecule has 0 radical (unpaired) electrons. The Morgan fingerprint density at radius 1 is 1.11 bits per heavy atom. The number of anilines is 1. The van der Waals surface area contributed by atoms with Gasteiger partial charge in [-0.15, -0.1) is 0 Å². The van der Waals surface area contributed by atoms with Crippen LogP contribution in [0.5, 0.6) is 0 Å². The lowest BCUT2D eigenvalue weighted by Gasteiger charge is -2.21. The number of nitrogens with zero attached hydrogens (tertiary/aromatic N) is 1. The lowest BCUT2D eigenvalue weighted by molar-refractivity contribution is 0.866. The topological polar surface area (TPSA) is 36.1 Å². The van der Waals surface area contributed by atoms with Crippen LogP contribution >= 0.6 is 0 Å². The van der Waals surface area contributed by atoms with E-state index in [2.05, 4.69) is 36.7 Å². The normalized spacial score (nSPS) is 10.9. The van der Waals surface area contributed by atoms with Gasteiger partial charge in [-0.05, 0) is 38.5 Å². The fourth-order valence-electron chi connectivity index (χ4n) is 2.48. The van der Waals surface area contributed by atoms with Gasteiger partial charge in [-0.2, -0.15) is 0 Å². The zero-order chi connectivity index (χ0) is 13.8. The number of benzene rings is 1. The summed E-state index contributed by atoms with van der Waals surface area (Å²) in [5, 5.41) is 0.782. The van der Waals surface area contributed by atoms with E-state index >= 15 is 0 Å². The molecule has 19 heavy (non-hydrogen) atoms. The van der Waals surface area contributed by atoms with E-state index in [1.54, 1.807) is 6.07 Å². The summed E-state index contributed by atoms with van der Waals surface area (Å²) >= 11 is 0. The van der Waals surface area contributed by atoms with Gasteiger partial charge in [-0.1, -0.05) is 13.3 Å². The lowest BCUT2D eigenvalue weighted by atomic mass is 10.1. The molecule has 1 N–H and O–H groups in total. The van der Waals surface area contributed by atoms with Gasteiger partial charge in [-0.25, -0.2) is 0 Å². The average Bonchev–Trinajstić information content (AvgIpc) is 2.41. The Balaban J connectivity index is 2.52. The highest BCUT2D eigenvalue weighted by atomic mass is 16.1. The van der Waals surface area contributed by atoms with Crippen LogP contribution in [-0.4, -0.2) is 18.1 Å². The van der Waals surface area contributed by atoms with Gasteiger partial charge in [0.2, 0.25) is 0 Å². The molecule has 0 unspecified atom stereocenters. The van der Waals surface area contributed by atoms with E-state index in [0.717, 1.165) is 48.2 Å². The maximum absolute atomic E-state index is 12.2. The molecule has 1 heterocycles. The number of aryl methyl sites for hydroxylation is 1. The summed E-state index contributed by atoms with van der Waals surface area (Å²) < 4.78 is 0. The van der Waals surface area contributed by atoms with Crippen LogP contribution in [0.15, 0.2) is 29.1 Å². The van der Waals surface area contributed by atoms with Gasteiger partial charge in [0.25, 0.3) is 0 Å². The van der Waals surface area contributed by atoms with Crippen LogP contribution in [-0.2, 0) is 6.42 Å². The van der Waals surface area contributed by atoms with Crippen LogP contribution in [0.25, 0.3) is 10.9 Å². The number of aromatic amines is 1. The molecule has 0 amide bonds. The molecule has 0 saturated heterocycles. The van der Waals surface area contributed by atoms with Crippen LogP contribution in [0.4, 0.5) is 5.69 Å². The Labute approximate surface area is 114 Å². The first kappa shape index (κ1) is 13.7. The molecule has 3 nitrogen and oxygen atoms in total. The Morgan fingerprint density at radius 3 is 2.47 bits per heavy atom. The molecule has 3 heteroatoms. The molecule has 0 spiro atoms. The Hall–Kier alpha value is -1.77. The second kappa shape index (κ2) is 5.91. The summed E-state index contributed by atoms with van der Waals surface area (Å²) in [6, 6.07) is 7.83. The van der Waals surface area contributed by atoms with E-state index in [-0.39, 0.29) is 5.43 Å². The number of rotatable bonds is 5. The molecule has 2 aromatic rings. The largest absolute Gasteiger partial charge is 0.372 e. The van der Waals surface area contributed by atoms with Crippen molar-refractivity contribution >= 4 is 16.6 Å². The molecule has 0 saturated carbocycles. The van der Waals surface area contributed by atoms with Crippen LogP contribution in [0.2, 0.25) is 0 Å². The van der Waals surface area contributed by atoms with E-state index in [1.165, 1.54) is 0 Å². The van der Waals surface area contributed by atoms with E-state index in [4.69, 9.17) is 0 Å². The summed E-state index contributed by atoms with van der Waals surface area (Å²) in [5.41, 5.74) is 3.19. The van der Waals surface area contributed by atoms with Crippen molar-refractivity contribution < 1.29 is 0 Å². The predicted octanol–water partition coefficient (Wildman–Crippen LogP) is 3.33. The first-order chi connectivity index (χ1) is 9.19. The maximum Gasteiger partial charge on any atom is 0.189 e. The maximum atomic E-state index is 12.2. The first-order valence-electron chi connectivity index (χ1n) is 7.10. The fraction of sp³-hybridized carbons (Fsp3) is 0.438. The number of aromatic nitrogens is 1. The zero-order valence-electron chi connectivity index (χ0n) is 12.0. The van der Waals surface area contributed by atoms with E-state index in [9.17, 15) is 4.79 Å². The van der Waals surface area contributed by atoms with Crippen molar-refractivity contribution in [2.24, 2.45) is 0 Å². The SMILES string of the molecule is CCCc1cc(=O)c2cc(N(CC)CC)ccc2[nH]1. The third-order valence-electron chi connectivity index (χ3n) is 3.52. The minimum Gasteiger partial charge on any atom is -0.372 e.